The lowest BCUT2D eigenvalue weighted by molar-refractivity contribution is 0.394. The first-order chi connectivity index (χ1) is 9.75. The van der Waals surface area contributed by atoms with Crippen molar-refractivity contribution in [2.24, 2.45) is 0 Å². The van der Waals surface area contributed by atoms with Crippen molar-refractivity contribution >= 4 is 16.3 Å². The molecule has 0 aliphatic carbocycles. The molecule has 0 N–H and O–H groups in total. The molecular weight excluding hydrogens is 276 g/mol. The van der Waals surface area contributed by atoms with Crippen LogP contribution in [0.3, 0.4) is 0 Å². The molecular formula is C13H14N4O2S. The van der Waals surface area contributed by atoms with Gasteiger partial charge in [-0.3, -0.25) is 0 Å². The summed E-state index contributed by atoms with van der Waals surface area (Å²) in [5, 5.41) is 13.9. The maximum atomic E-state index is 5.28. The van der Waals surface area contributed by atoms with E-state index < -0.39 is 0 Å². The Morgan fingerprint density at radius 1 is 1.10 bits per heavy atom. The maximum Gasteiger partial charge on any atom is 0.234 e. The summed E-state index contributed by atoms with van der Waals surface area (Å²) in [5.74, 6) is 2.11. The number of rotatable bonds is 4. The third-order valence-electron chi connectivity index (χ3n) is 2.94. The predicted octanol–water partition coefficient (Wildman–Crippen LogP) is 2.43. The highest BCUT2D eigenvalue weighted by Gasteiger charge is 2.14. The van der Waals surface area contributed by atoms with E-state index in [-0.39, 0.29) is 0 Å². The number of aryl methyl sites for hydroxylation is 1. The molecule has 0 fully saturated rings. The molecule has 7 heteroatoms. The van der Waals surface area contributed by atoms with Gasteiger partial charge in [0, 0.05) is 11.6 Å². The zero-order valence-electron chi connectivity index (χ0n) is 11.5. The molecule has 2 aromatic heterocycles. The van der Waals surface area contributed by atoms with Gasteiger partial charge < -0.3 is 9.47 Å². The zero-order valence-corrected chi connectivity index (χ0v) is 12.3. The van der Waals surface area contributed by atoms with E-state index in [4.69, 9.17) is 9.47 Å². The van der Waals surface area contributed by atoms with Crippen molar-refractivity contribution in [2.75, 3.05) is 14.2 Å². The summed E-state index contributed by atoms with van der Waals surface area (Å²) in [6, 6.07) is 5.61. The molecule has 0 amide bonds. The lowest BCUT2D eigenvalue weighted by atomic mass is 10.2. The van der Waals surface area contributed by atoms with Crippen molar-refractivity contribution < 1.29 is 9.47 Å². The van der Waals surface area contributed by atoms with Crippen LogP contribution in [0.2, 0.25) is 0 Å². The highest BCUT2D eigenvalue weighted by atomic mass is 32.1. The van der Waals surface area contributed by atoms with Gasteiger partial charge in [0.1, 0.15) is 16.5 Å². The Hall–Kier alpha value is -2.15. The molecule has 0 bridgehead atoms. The van der Waals surface area contributed by atoms with E-state index >= 15 is 0 Å². The summed E-state index contributed by atoms with van der Waals surface area (Å²) < 4.78 is 12.3. The van der Waals surface area contributed by atoms with Crippen LogP contribution in [-0.2, 0) is 6.42 Å². The average molecular weight is 290 g/mol. The number of aromatic nitrogens is 4. The van der Waals surface area contributed by atoms with Gasteiger partial charge in [0.2, 0.25) is 4.96 Å². The quantitative estimate of drug-likeness (QED) is 0.738. The topological polar surface area (TPSA) is 61.5 Å². The van der Waals surface area contributed by atoms with Gasteiger partial charge in [-0.2, -0.15) is 9.61 Å². The standard InChI is InChI=1S/C13H14N4O2S/c1-4-11-16-17-12(14-15-13(17)20-11)8-5-9(18-2)7-10(6-8)19-3/h5-7H,4H2,1-3H3. The maximum absolute atomic E-state index is 5.28. The van der Waals surface area contributed by atoms with Crippen LogP contribution >= 0.6 is 11.3 Å². The van der Waals surface area contributed by atoms with Crippen molar-refractivity contribution in [2.45, 2.75) is 13.3 Å². The van der Waals surface area contributed by atoms with Crippen LogP contribution in [0, 0.1) is 0 Å². The van der Waals surface area contributed by atoms with Crippen LogP contribution in [0.15, 0.2) is 18.2 Å². The van der Waals surface area contributed by atoms with Gasteiger partial charge in [-0.05, 0) is 18.6 Å². The molecule has 104 valence electrons. The molecule has 20 heavy (non-hydrogen) atoms. The van der Waals surface area contributed by atoms with Gasteiger partial charge in [0.25, 0.3) is 0 Å². The van der Waals surface area contributed by atoms with Crippen molar-refractivity contribution in [3.63, 3.8) is 0 Å². The molecule has 0 atom stereocenters. The Morgan fingerprint density at radius 2 is 1.80 bits per heavy atom. The summed E-state index contributed by atoms with van der Waals surface area (Å²) >= 11 is 1.55. The van der Waals surface area contributed by atoms with E-state index in [2.05, 4.69) is 22.2 Å². The van der Waals surface area contributed by atoms with Crippen LogP contribution in [-0.4, -0.2) is 34.0 Å². The SMILES string of the molecule is CCc1nn2c(-c3cc(OC)cc(OC)c3)nnc2s1. The summed E-state index contributed by atoms with van der Waals surface area (Å²) in [5.41, 5.74) is 0.863. The van der Waals surface area contributed by atoms with Crippen LogP contribution in [0.1, 0.15) is 11.9 Å². The molecule has 0 saturated heterocycles. The van der Waals surface area contributed by atoms with Gasteiger partial charge in [0.15, 0.2) is 5.82 Å². The zero-order chi connectivity index (χ0) is 14.1. The average Bonchev–Trinajstić information content (AvgIpc) is 3.06. The summed E-state index contributed by atoms with van der Waals surface area (Å²) in [4.78, 5) is 0.790. The molecule has 2 heterocycles. The van der Waals surface area contributed by atoms with Crippen molar-refractivity contribution in [3.8, 4) is 22.9 Å². The van der Waals surface area contributed by atoms with Crippen LogP contribution < -0.4 is 9.47 Å². The molecule has 6 nitrogen and oxygen atoms in total. The van der Waals surface area contributed by atoms with Gasteiger partial charge in [-0.15, -0.1) is 10.2 Å². The molecule has 0 aliphatic heterocycles. The Labute approximate surface area is 120 Å². The second kappa shape index (κ2) is 5.09. The Kier molecular flexibility index (Phi) is 3.27. The molecule has 0 aliphatic rings. The van der Waals surface area contributed by atoms with Crippen molar-refractivity contribution in [1.29, 1.82) is 0 Å². The largest absolute Gasteiger partial charge is 0.497 e. The minimum atomic E-state index is 0.688. The number of methoxy groups -OCH3 is 2. The molecule has 3 aromatic rings. The second-order valence-corrected chi connectivity index (χ2v) is 5.21. The van der Waals surface area contributed by atoms with Crippen LogP contribution in [0.4, 0.5) is 0 Å². The third-order valence-corrected chi connectivity index (χ3v) is 3.99. The van der Waals surface area contributed by atoms with Gasteiger partial charge in [-0.1, -0.05) is 18.3 Å². The molecule has 0 saturated carbocycles. The second-order valence-electron chi connectivity index (χ2n) is 4.17. The number of fused-ring (bicyclic) bond motifs is 1. The molecule has 1 aromatic carbocycles. The number of ether oxygens (including phenoxy) is 2. The van der Waals surface area contributed by atoms with E-state index in [0.717, 1.165) is 22.0 Å². The number of hydrogen-bond acceptors (Lipinski definition) is 6. The normalized spacial score (nSPS) is 10.9. The first kappa shape index (κ1) is 12.9. The minimum absolute atomic E-state index is 0.688. The molecule has 3 rings (SSSR count). The molecule has 0 spiro atoms. The van der Waals surface area contributed by atoms with Crippen LogP contribution in [0.25, 0.3) is 16.3 Å². The van der Waals surface area contributed by atoms with Crippen LogP contribution in [0.5, 0.6) is 11.5 Å². The van der Waals surface area contributed by atoms with Gasteiger partial charge >= 0.3 is 0 Å². The van der Waals surface area contributed by atoms with Crippen molar-refractivity contribution in [3.05, 3.63) is 23.2 Å². The van der Waals surface area contributed by atoms with E-state index in [1.165, 1.54) is 0 Å². The predicted molar refractivity (Wildman–Crippen MR) is 76.6 cm³/mol. The monoisotopic (exact) mass is 290 g/mol. The first-order valence-corrected chi connectivity index (χ1v) is 7.01. The smallest absolute Gasteiger partial charge is 0.234 e. The Bertz CT molecular complexity index is 728. The summed E-state index contributed by atoms with van der Waals surface area (Å²) in [6.07, 6.45) is 0.884. The molecule has 0 unspecified atom stereocenters. The fourth-order valence-corrected chi connectivity index (χ4v) is 2.69. The van der Waals surface area contributed by atoms with E-state index in [9.17, 15) is 0 Å². The van der Waals surface area contributed by atoms with E-state index in [1.807, 2.05) is 18.2 Å². The fraction of sp³-hybridized carbons (Fsp3) is 0.308. The highest BCUT2D eigenvalue weighted by Crippen LogP contribution is 2.29. The number of hydrogen-bond donors (Lipinski definition) is 0. The van der Waals surface area contributed by atoms with Crippen molar-refractivity contribution in [1.82, 2.24) is 19.8 Å². The molecule has 0 radical (unpaired) electrons. The summed E-state index contributed by atoms with van der Waals surface area (Å²) in [6.45, 7) is 2.07. The van der Waals surface area contributed by atoms with Gasteiger partial charge in [0.05, 0.1) is 14.2 Å². The van der Waals surface area contributed by atoms with E-state index in [1.54, 1.807) is 30.1 Å². The summed E-state index contributed by atoms with van der Waals surface area (Å²) in [7, 11) is 3.24. The minimum Gasteiger partial charge on any atom is -0.497 e. The highest BCUT2D eigenvalue weighted by molar-refractivity contribution is 7.16. The Balaban J connectivity index is 2.16. The lowest BCUT2D eigenvalue weighted by Crippen LogP contribution is -1.94. The third kappa shape index (κ3) is 2.09. The van der Waals surface area contributed by atoms with E-state index in [0.29, 0.717) is 17.3 Å². The number of benzene rings is 1. The fourth-order valence-electron chi connectivity index (χ4n) is 1.92. The first-order valence-electron chi connectivity index (χ1n) is 6.19. The Morgan fingerprint density at radius 3 is 2.40 bits per heavy atom. The number of nitrogens with zero attached hydrogens (tertiary/aromatic N) is 4. The lowest BCUT2D eigenvalue weighted by Gasteiger charge is -2.06. The van der Waals surface area contributed by atoms with Gasteiger partial charge in [-0.25, -0.2) is 0 Å².